The maximum atomic E-state index is 11.4. The van der Waals surface area contributed by atoms with Crippen LogP contribution in [0, 0.1) is 0 Å². The zero-order valence-electron chi connectivity index (χ0n) is 11.5. The number of benzene rings is 2. The molecule has 21 heavy (non-hydrogen) atoms. The van der Waals surface area contributed by atoms with E-state index in [9.17, 15) is 9.90 Å². The summed E-state index contributed by atoms with van der Waals surface area (Å²) in [6.45, 7) is 0.397. The molecule has 0 heterocycles. The van der Waals surface area contributed by atoms with Gasteiger partial charge in [-0.3, -0.25) is 10.1 Å². The van der Waals surface area contributed by atoms with Crippen molar-refractivity contribution in [2.75, 3.05) is 7.11 Å². The summed E-state index contributed by atoms with van der Waals surface area (Å²) in [6, 6.07) is 14.0. The molecule has 0 aromatic heterocycles. The van der Waals surface area contributed by atoms with Crippen molar-refractivity contribution in [3.05, 3.63) is 64.1 Å². The Morgan fingerprint density at radius 2 is 2.00 bits per heavy atom. The lowest BCUT2D eigenvalue weighted by atomic mass is 10.1. The summed E-state index contributed by atoms with van der Waals surface area (Å²) in [7, 11) is 1.60. The largest absolute Gasteiger partial charge is 0.496 e. The van der Waals surface area contributed by atoms with Gasteiger partial charge >= 0.3 is 5.97 Å². The molecule has 110 valence electrons. The minimum absolute atomic E-state index is 0.397. The van der Waals surface area contributed by atoms with Crippen molar-refractivity contribution >= 4 is 21.9 Å². The Morgan fingerprint density at radius 3 is 2.62 bits per heavy atom. The lowest BCUT2D eigenvalue weighted by molar-refractivity contribution is -0.139. The average Bonchev–Trinajstić information content (AvgIpc) is 2.48. The molecule has 2 rings (SSSR count). The number of halogens is 1. The van der Waals surface area contributed by atoms with Crippen molar-refractivity contribution in [1.82, 2.24) is 5.32 Å². The number of methoxy groups -OCH3 is 1. The molecular weight excluding hydrogens is 334 g/mol. The Balaban J connectivity index is 2.16. The highest BCUT2D eigenvalue weighted by Gasteiger charge is 2.19. The fraction of sp³-hybridized carbons (Fsp3) is 0.188. The van der Waals surface area contributed by atoms with Crippen molar-refractivity contribution in [1.29, 1.82) is 0 Å². The van der Waals surface area contributed by atoms with E-state index in [4.69, 9.17) is 4.74 Å². The van der Waals surface area contributed by atoms with E-state index >= 15 is 0 Å². The van der Waals surface area contributed by atoms with Gasteiger partial charge in [0.2, 0.25) is 0 Å². The van der Waals surface area contributed by atoms with Crippen LogP contribution in [-0.4, -0.2) is 18.2 Å². The second-order valence-corrected chi connectivity index (χ2v) is 5.43. The lowest BCUT2D eigenvalue weighted by Crippen LogP contribution is -2.28. The third-order valence-electron chi connectivity index (χ3n) is 3.12. The molecule has 0 aliphatic rings. The van der Waals surface area contributed by atoms with Crippen molar-refractivity contribution in [2.24, 2.45) is 0 Å². The van der Waals surface area contributed by atoms with Gasteiger partial charge in [0, 0.05) is 16.6 Å². The summed E-state index contributed by atoms with van der Waals surface area (Å²) < 4.78 is 6.21. The molecule has 0 saturated heterocycles. The predicted molar refractivity (Wildman–Crippen MR) is 84.4 cm³/mol. The van der Waals surface area contributed by atoms with Crippen LogP contribution >= 0.6 is 15.9 Å². The number of ether oxygens (including phenoxy) is 1. The first-order valence-corrected chi connectivity index (χ1v) is 7.24. The molecule has 0 aliphatic heterocycles. The molecule has 0 amide bonds. The van der Waals surface area contributed by atoms with E-state index in [0.29, 0.717) is 6.54 Å². The summed E-state index contributed by atoms with van der Waals surface area (Å²) in [5, 5.41) is 12.4. The molecule has 0 radical (unpaired) electrons. The summed E-state index contributed by atoms with van der Waals surface area (Å²) >= 11 is 3.41. The maximum absolute atomic E-state index is 11.4. The molecule has 4 nitrogen and oxygen atoms in total. The van der Waals surface area contributed by atoms with E-state index in [0.717, 1.165) is 21.3 Å². The van der Waals surface area contributed by atoms with E-state index < -0.39 is 12.0 Å². The Kier molecular flexibility index (Phi) is 5.36. The number of rotatable bonds is 6. The van der Waals surface area contributed by atoms with Gasteiger partial charge in [-0.25, -0.2) is 0 Å². The second kappa shape index (κ2) is 7.24. The van der Waals surface area contributed by atoms with Crippen molar-refractivity contribution in [3.63, 3.8) is 0 Å². The Morgan fingerprint density at radius 1 is 1.29 bits per heavy atom. The van der Waals surface area contributed by atoms with E-state index in [1.54, 1.807) is 19.2 Å². The molecule has 0 saturated carbocycles. The molecule has 5 heteroatoms. The zero-order valence-corrected chi connectivity index (χ0v) is 13.1. The topological polar surface area (TPSA) is 58.6 Å². The molecular formula is C16H16BrNO3. The molecule has 0 bridgehead atoms. The molecule has 0 fully saturated rings. The lowest BCUT2D eigenvalue weighted by Gasteiger charge is -2.16. The smallest absolute Gasteiger partial charge is 0.325 e. The number of aliphatic carboxylic acids is 1. The zero-order chi connectivity index (χ0) is 15.2. The fourth-order valence-electron chi connectivity index (χ4n) is 2.09. The molecule has 1 unspecified atom stereocenters. The van der Waals surface area contributed by atoms with Crippen molar-refractivity contribution in [3.8, 4) is 5.75 Å². The standard InChI is InChI=1S/C16H16BrNO3/c1-21-14-8-7-13(17)9-12(14)10-18-15(16(19)20)11-5-3-2-4-6-11/h2-9,15,18H,10H2,1H3,(H,19,20). The predicted octanol–water partition coefficient (Wildman–Crippen LogP) is 3.37. The number of hydrogen-bond donors (Lipinski definition) is 2. The highest BCUT2D eigenvalue weighted by atomic mass is 79.9. The number of carboxylic acid groups (broad SMARTS) is 1. The van der Waals surface area contributed by atoms with Gasteiger partial charge in [-0.15, -0.1) is 0 Å². The van der Waals surface area contributed by atoms with Crippen LogP contribution in [0.2, 0.25) is 0 Å². The van der Waals surface area contributed by atoms with Crippen LogP contribution in [0.5, 0.6) is 5.75 Å². The minimum atomic E-state index is -0.907. The van der Waals surface area contributed by atoms with Crippen LogP contribution in [0.15, 0.2) is 53.0 Å². The Hall–Kier alpha value is -1.85. The van der Waals surface area contributed by atoms with Crippen LogP contribution in [0.3, 0.4) is 0 Å². The molecule has 2 aromatic rings. The van der Waals surface area contributed by atoms with Gasteiger partial charge in [0.25, 0.3) is 0 Å². The number of hydrogen-bond acceptors (Lipinski definition) is 3. The first-order valence-electron chi connectivity index (χ1n) is 6.45. The van der Waals surface area contributed by atoms with Crippen LogP contribution in [-0.2, 0) is 11.3 Å². The van der Waals surface area contributed by atoms with Gasteiger partial charge in [0.1, 0.15) is 11.8 Å². The van der Waals surface area contributed by atoms with E-state index in [-0.39, 0.29) is 0 Å². The van der Waals surface area contributed by atoms with Crippen LogP contribution in [0.4, 0.5) is 0 Å². The van der Waals surface area contributed by atoms with Gasteiger partial charge in [-0.2, -0.15) is 0 Å². The van der Waals surface area contributed by atoms with Gasteiger partial charge in [-0.05, 0) is 23.8 Å². The van der Waals surface area contributed by atoms with Crippen molar-refractivity contribution < 1.29 is 14.6 Å². The maximum Gasteiger partial charge on any atom is 0.325 e. The normalized spacial score (nSPS) is 11.9. The summed E-state index contributed by atoms with van der Waals surface area (Å²) in [5.74, 6) is -0.182. The van der Waals surface area contributed by atoms with Gasteiger partial charge in [0.05, 0.1) is 7.11 Å². The third-order valence-corrected chi connectivity index (χ3v) is 3.61. The van der Waals surface area contributed by atoms with Crippen LogP contribution in [0.25, 0.3) is 0 Å². The average molecular weight is 350 g/mol. The molecule has 0 spiro atoms. The fourth-order valence-corrected chi connectivity index (χ4v) is 2.50. The van der Waals surface area contributed by atoms with Crippen molar-refractivity contribution in [2.45, 2.75) is 12.6 Å². The Bertz CT molecular complexity index is 616. The number of carbonyl (C=O) groups is 1. The number of carboxylic acids is 1. The highest BCUT2D eigenvalue weighted by Crippen LogP contribution is 2.24. The quantitative estimate of drug-likeness (QED) is 0.839. The monoisotopic (exact) mass is 349 g/mol. The molecule has 0 aliphatic carbocycles. The first kappa shape index (κ1) is 15.5. The van der Waals surface area contributed by atoms with Gasteiger partial charge < -0.3 is 9.84 Å². The molecule has 2 aromatic carbocycles. The summed E-state index contributed by atoms with van der Waals surface area (Å²) in [6.07, 6.45) is 0. The SMILES string of the molecule is COc1ccc(Br)cc1CNC(C(=O)O)c1ccccc1. The minimum Gasteiger partial charge on any atom is -0.496 e. The van der Waals surface area contributed by atoms with E-state index in [2.05, 4.69) is 21.2 Å². The third kappa shape index (κ3) is 4.06. The molecule has 1 atom stereocenters. The van der Waals surface area contributed by atoms with E-state index in [1.807, 2.05) is 36.4 Å². The van der Waals surface area contributed by atoms with E-state index in [1.165, 1.54) is 0 Å². The van der Waals surface area contributed by atoms with Gasteiger partial charge in [0.15, 0.2) is 0 Å². The number of nitrogens with one attached hydrogen (secondary N) is 1. The van der Waals surface area contributed by atoms with Crippen LogP contribution in [0.1, 0.15) is 17.2 Å². The Labute approximate surface area is 131 Å². The highest BCUT2D eigenvalue weighted by molar-refractivity contribution is 9.10. The van der Waals surface area contributed by atoms with Crippen LogP contribution < -0.4 is 10.1 Å². The van der Waals surface area contributed by atoms with Gasteiger partial charge in [-0.1, -0.05) is 46.3 Å². The molecule has 2 N–H and O–H groups in total. The second-order valence-electron chi connectivity index (χ2n) is 4.52. The first-order chi connectivity index (χ1) is 10.1. The summed E-state index contributed by atoms with van der Waals surface area (Å²) in [5.41, 5.74) is 1.62. The summed E-state index contributed by atoms with van der Waals surface area (Å²) in [4.78, 5) is 11.4.